The Hall–Kier alpha value is -3.40. The van der Waals surface area contributed by atoms with Crippen LogP contribution in [-0.4, -0.2) is 27.4 Å². The van der Waals surface area contributed by atoms with Gasteiger partial charge in [-0.3, -0.25) is 9.52 Å². The molecule has 1 heterocycles. The van der Waals surface area contributed by atoms with E-state index in [0.29, 0.717) is 15.6 Å². The first-order chi connectivity index (χ1) is 15.8. The summed E-state index contributed by atoms with van der Waals surface area (Å²) in [5.74, 6) is -0.991. The van der Waals surface area contributed by atoms with E-state index in [1.807, 2.05) is 24.3 Å². The number of methoxy groups -OCH3 is 1. The lowest BCUT2D eigenvalue weighted by molar-refractivity contribution is 0.0607. The molecule has 2 N–H and O–H groups in total. The Labute approximate surface area is 199 Å². The Bertz CT molecular complexity index is 1450. The highest BCUT2D eigenvalue weighted by atomic mass is 35.5. The van der Waals surface area contributed by atoms with E-state index in [2.05, 4.69) is 10.0 Å². The number of rotatable bonds is 6. The topological polar surface area (TPSA) is 102 Å². The maximum Gasteiger partial charge on any atom is 0.350 e. The van der Waals surface area contributed by atoms with Crippen molar-refractivity contribution in [1.82, 2.24) is 0 Å². The van der Waals surface area contributed by atoms with Crippen LogP contribution in [0.4, 0.5) is 11.4 Å². The molecule has 4 rings (SSSR count). The lowest BCUT2D eigenvalue weighted by Crippen LogP contribution is -2.15. The van der Waals surface area contributed by atoms with E-state index in [4.69, 9.17) is 16.3 Å². The third kappa shape index (κ3) is 4.85. The van der Waals surface area contributed by atoms with Crippen LogP contribution in [0, 0.1) is 0 Å². The Morgan fingerprint density at radius 3 is 2.27 bits per heavy atom. The van der Waals surface area contributed by atoms with Gasteiger partial charge < -0.3 is 10.1 Å². The van der Waals surface area contributed by atoms with Gasteiger partial charge in [-0.1, -0.05) is 29.8 Å². The van der Waals surface area contributed by atoms with Crippen LogP contribution in [-0.2, 0) is 14.8 Å². The summed E-state index contributed by atoms with van der Waals surface area (Å²) >= 11 is 7.04. The third-order valence-corrected chi connectivity index (χ3v) is 7.53. The van der Waals surface area contributed by atoms with Crippen molar-refractivity contribution >= 4 is 66.3 Å². The molecular formula is C23H17ClN2O5S2. The number of ether oxygens (including phenoxy) is 1. The van der Waals surface area contributed by atoms with E-state index in [0.717, 1.165) is 10.1 Å². The number of fused-ring (bicyclic) bond motifs is 1. The number of nitrogens with one attached hydrogen (secondary N) is 2. The average molecular weight is 501 g/mol. The second-order valence-corrected chi connectivity index (χ2v) is 10.1. The zero-order valence-electron chi connectivity index (χ0n) is 17.2. The predicted molar refractivity (Wildman–Crippen MR) is 130 cm³/mol. The molecule has 0 saturated carbocycles. The van der Waals surface area contributed by atoms with Crippen molar-refractivity contribution < 1.29 is 22.7 Å². The number of esters is 1. The number of hydrogen-bond donors (Lipinski definition) is 2. The number of benzene rings is 3. The molecule has 0 radical (unpaired) electrons. The summed E-state index contributed by atoms with van der Waals surface area (Å²) in [6, 6.07) is 19.0. The highest BCUT2D eigenvalue weighted by Gasteiger charge is 2.21. The van der Waals surface area contributed by atoms with Gasteiger partial charge in [-0.15, -0.1) is 11.3 Å². The van der Waals surface area contributed by atoms with Crippen LogP contribution in [0.5, 0.6) is 0 Å². The molecule has 0 aliphatic rings. The maximum absolute atomic E-state index is 12.9. The number of thiophene rings is 1. The summed E-state index contributed by atoms with van der Waals surface area (Å²) < 4.78 is 33.2. The Balaban J connectivity index is 1.55. The van der Waals surface area contributed by atoms with E-state index in [-0.39, 0.29) is 16.1 Å². The van der Waals surface area contributed by atoms with Gasteiger partial charge in [0.05, 0.1) is 17.7 Å². The minimum Gasteiger partial charge on any atom is -0.465 e. The van der Waals surface area contributed by atoms with Crippen molar-refractivity contribution in [2.75, 3.05) is 17.1 Å². The minimum atomic E-state index is -3.81. The second kappa shape index (κ2) is 9.22. The van der Waals surface area contributed by atoms with Gasteiger partial charge in [0.25, 0.3) is 15.9 Å². The summed E-state index contributed by atoms with van der Waals surface area (Å²) in [6.45, 7) is 0. The van der Waals surface area contributed by atoms with E-state index in [1.54, 1.807) is 0 Å². The van der Waals surface area contributed by atoms with Crippen LogP contribution >= 0.6 is 22.9 Å². The fourth-order valence-electron chi connectivity index (χ4n) is 3.11. The normalized spacial score (nSPS) is 11.2. The van der Waals surface area contributed by atoms with Crippen molar-refractivity contribution in [3.05, 3.63) is 88.3 Å². The smallest absolute Gasteiger partial charge is 0.350 e. The fraction of sp³-hybridized carbons (Fsp3) is 0.0435. The van der Waals surface area contributed by atoms with E-state index >= 15 is 0 Å². The highest BCUT2D eigenvalue weighted by molar-refractivity contribution is 7.92. The SMILES string of the molecule is COC(=O)c1sc2ccccc2c1NC(=O)c1ccc(NS(=O)(=O)c2ccc(Cl)cc2)cc1. The van der Waals surface area contributed by atoms with E-state index in [9.17, 15) is 18.0 Å². The van der Waals surface area contributed by atoms with Gasteiger partial charge in [-0.05, 0) is 54.6 Å². The first-order valence-corrected chi connectivity index (χ1v) is 12.3. The fourth-order valence-corrected chi connectivity index (χ4v) is 5.37. The molecule has 33 heavy (non-hydrogen) atoms. The van der Waals surface area contributed by atoms with E-state index < -0.39 is 21.9 Å². The molecule has 0 fully saturated rings. The molecule has 0 atom stereocenters. The van der Waals surface area contributed by atoms with Gasteiger partial charge >= 0.3 is 5.97 Å². The van der Waals surface area contributed by atoms with Gasteiger partial charge in [0, 0.05) is 26.4 Å². The Morgan fingerprint density at radius 2 is 1.61 bits per heavy atom. The molecular weight excluding hydrogens is 484 g/mol. The van der Waals surface area contributed by atoms with Crippen LogP contribution in [0.15, 0.2) is 77.7 Å². The first-order valence-electron chi connectivity index (χ1n) is 9.58. The molecule has 1 aromatic heterocycles. The van der Waals surface area contributed by atoms with Crippen LogP contribution in [0.1, 0.15) is 20.0 Å². The zero-order chi connectivity index (χ0) is 23.6. The number of anilines is 2. The number of amides is 1. The molecule has 4 aromatic rings. The van der Waals surface area contributed by atoms with Crippen LogP contribution in [0.25, 0.3) is 10.1 Å². The summed E-state index contributed by atoms with van der Waals surface area (Å²) in [5, 5.41) is 3.94. The average Bonchev–Trinajstić information content (AvgIpc) is 3.17. The lowest BCUT2D eigenvalue weighted by Gasteiger charge is -2.10. The number of sulfonamides is 1. The van der Waals surface area contributed by atoms with Gasteiger partial charge in [0.1, 0.15) is 4.88 Å². The van der Waals surface area contributed by atoms with Crippen molar-refractivity contribution in [2.45, 2.75) is 4.90 Å². The van der Waals surface area contributed by atoms with Crippen molar-refractivity contribution in [2.24, 2.45) is 0 Å². The van der Waals surface area contributed by atoms with E-state index in [1.165, 1.54) is 67.0 Å². The van der Waals surface area contributed by atoms with Gasteiger partial charge in [0.2, 0.25) is 0 Å². The summed E-state index contributed by atoms with van der Waals surface area (Å²) in [5.41, 5.74) is 0.952. The predicted octanol–water partition coefficient (Wildman–Crippen LogP) is 5.39. The lowest BCUT2D eigenvalue weighted by atomic mass is 10.1. The number of hydrogen-bond acceptors (Lipinski definition) is 6. The number of carbonyl (C=O) groups is 2. The second-order valence-electron chi connectivity index (χ2n) is 6.88. The summed E-state index contributed by atoms with van der Waals surface area (Å²) in [7, 11) is -2.53. The molecule has 3 aromatic carbocycles. The Morgan fingerprint density at radius 1 is 0.939 bits per heavy atom. The third-order valence-electron chi connectivity index (χ3n) is 4.73. The number of carbonyl (C=O) groups excluding carboxylic acids is 2. The van der Waals surface area contributed by atoms with Gasteiger partial charge in [0.15, 0.2) is 0 Å². The van der Waals surface area contributed by atoms with Crippen LogP contribution in [0.3, 0.4) is 0 Å². The monoisotopic (exact) mass is 500 g/mol. The zero-order valence-corrected chi connectivity index (χ0v) is 19.6. The molecule has 0 saturated heterocycles. The van der Waals surface area contributed by atoms with Crippen LogP contribution in [0.2, 0.25) is 5.02 Å². The molecule has 1 amide bonds. The molecule has 168 valence electrons. The van der Waals surface area contributed by atoms with Crippen molar-refractivity contribution in [1.29, 1.82) is 0 Å². The quantitative estimate of drug-likeness (QED) is 0.345. The van der Waals surface area contributed by atoms with Gasteiger partial charge in [-0.2, -0.15) is 0 Å². The molecule has 0 unspecified atom stereocenters. The minimum absolute atomic E-state index is 0.0633. The van der Waals surface area contributed by atoms with Crippen LogP contribution < -0.4 is 10.0 Å². The van der Waals surface area contributed by atoms with Gasteiger partial charge in [-0.25, -0.2) is 13.2 Å². The van der Waals surface area contributed by atoms with Crippen molar-refractivity contribution in [3.8, 4) is 0 Å². The first kappa shape index (κ1) is 22.8. The molecule has 0 bridgehead atoms. The molecule has 10 heteroatoms. The molecule has 0 aliphatic heterocycles. The highest BCUT2D eigenvalue weighted by Crippen LogP contribution is 2.36. The summed E-state index contributed by atoms with van der Waals surface area (Å²) in [6.07, 6.45) is 0. The largest absolute Gasteiger partial charge is 0.465 e. The van der Waals surface area contributed by atoms with Crippen molar-refractivity contribution in [3.63, 3.8) is 0 Å². The standard InChI is InChI=1S/C23H17ClN2O5S2/c1-31-23(28)21-20(18-4-2-3-5-19(18)32-21)25-22(27)14-6-10-16(11-7-14)26-33(29,30)17-12-8-15(24)9-13-17/h2-13,26H,1H3,(H,25,27). The Kier molecular flexibility index (Phi) is 6.37. The number of halogens is 1. The molecule has 0 spiro atoms. The summed E-state index contributed by atoms with van der Waals surface area (Å²) in [4.78, 5) is 25.4. The maximum atomic E-state index is 12.9. The molecule has 0 aliphatic carbocycles. The molecule has 7 nitrogen and oxygen atoms in total.